The first-order chi connectivity index (χ1) is 12.2. The summed E-state index contributed by atoms with van der Waals surface area (Å²) >= 11 is 0. The molecule has 0 aromatic carbocycles. The molecule has 10 heteroatoms. The highest BCUT2D eigenvalue weighted by Gasteiger charge is 2.32. The molecule has 160 valence electrons. The summed E-state index contributed by atoms with van der Waals surface area (Å²) in [5, 5.41) is 6.03. The number of carbonyl (C=O) groups excluding carboxylic acids is 1. The maximum Gasteiger partial charge on any atom is 0.401 e. The van der Waals surface area contributed by atoms with Crippen LogP contribution in [0.2, 0.25) is 0 Å². The number of amides is 1. The average Bonchev–Trinajstić information content (AvgIpc) is 3.00. The summed E-state index contributed by atoms with van der Waals surface area (Å²) in [7, 11) is 1.68. The van der Waals surface area contributed by atoms with Crippen LogP contribution in [0, 0.1) is 11.8 Å². The summed E-state index contributed by atoms with van der Waals surface area (Å²) in [6.07, 6.45) is -3.31. The van der Waals surface area contributed by atoms with Gasteiger partial charge in [-0.1, -0.05) is 20.8 Å². The topological polar surface area (TPSA) is 60.0 Å². The van der Waals surface area contributed by atoms with E-state index in [0.29, 0.717) is 32.7 Å². The van der Waals surface area contributed by atoms with E-state index in [4.69, 9.17) is 0 Å². The fraction of sp³-hybridized carbons (Fsp3) is 0.882. The predicted molar refractivity (Wildman–Crippen MR) is 112 cm³/mol. The van der Waals surface area contributed by atoms with Gasteiger partial charge in [0.2, 0.25) is 5.91 Å². The van der Waals surface area contributed by atoms with Crippen molar-refractivity contribution in [2.24, 2.45) is 16.8 Å². The van der Waals surface area contributed by atoms with Crippen LogP contribution in [-0.2, 0) is 4.79 Å². The van der Waals surface area contributed by atoms with Crippen molar-refractivity contribution in [1.82, 2.24) is 20.4 Å². The second-order valence-electron chi connectivity index (χ2n) is 6.96. The molecule has 1 rings (SSSR count). The van der Waals surface area contributed by atoms with Gasteiger partial charge in [-0.3, -0.25) is 14.7 Å². The van der Waals surface area contributed by atoms with E-state index < -0.39 is 12.7 Å². The second-order valence-corrected chi connectivity index (χ2v) is 6.96. The van der Waals surface area contributed by atoms with E-state index in [9.17, 15) is 18.0 Å². The van der Waals surface area contributed by atoms with Crippen LogP contribution in [0.25, 0.3) is 0 Å². The van der Waals surface area contributed by atoms with Gasteiger partial charge in [-0.05, 0) is 18.9 Å². The van der Waals surface area contributed by atoms with Gasteiger partial charge in [0, 0.05) is 45.7 Å². The van der Waals surface area contributed by atoms with Crippen LogP contribution in [0.3, 0.4) is 0 Å². The van der Waals surface area contributed by atoms with Crippen molar-refractivity contribution in [2.75, 3.05) is 52.9 Å². The van der Waals surface area contributed by atoms with Crippen LogP contribution >= 0.6 is 24.0 Å². The Kier molecular flexibility index (Phi) is 12.3. The molecule has 1 amide bonds. The van der Waals surface area contributed by atoms with E-state index in [2.05, 4.69) is 20.5 Å². The van der Waals surface area contributed by atoms with Gasteiger partial charge in [-0.15, -0.1) is 24.0 Å². The third kappa shape index (κ3) is 10.4. The van der Waals surface area contributed by atoms with Crippen LogP contribution in [0.4, 0.5) is 13.2 Å². The Labute approximate surface area is 177 Å². The Morgan fingerprint density at radius 2 is 1.93 bits per heavy atom. The molecule has 0 aliphatic carbocycles. The van der Waals surface area contributed by atoms with E-state index in [1.807, 2.05) is 13.8 Å². The number of likely N-dealkylation sites (tertiary alicyclic amines) is 1. The SMILES string of the molecule is CCN(CC1CCN(C(=NC)NCCNC(=O)C(C)C)C1)CC(F)(F)F.I. The lowest BCUT2D eigenvalue weighted by atomic mass is 10.1. The lowest BCUT2D eigenvalue weighted by Crippen LogP contribution is -2.44. The van der Waals surface area contributed by atoms with Crippen molar-refractivity contribution < 1.29 is 18.0 Å². The van der Waals surface area contributed by atoms with Gasteiger partial charge in [0.25, 0.3) is 0 Å². The van der Waals surface area contributed by atoms with Gasteiger partial charge in [-0.25, -0.2) is 0 Å². The lowest BCUT2D eigenvalue weighted by molar-refractivity contribution is -0.146. The van der Waals surface area contributed by atoms with E-state index in [1.54, 1.807) is 14.0 Å². The van der Waals surface area contributed by atoms with Crippen LogP contribution in [0.15, 0.2) is 4.99 Å². The molecule has 27 heavy (non-hydrogen) atoms. The first-order valence-electron chi connectivity index (χ1n) is 9.18. The molecular weight excluding hydrogens is 474 g/mol. The molecule has 1 aliphatic rings. The molecule has 1 saturated heterocycles. The number of alkyl halides is 3. The zero-order valence-corrected chi connectivity index (χ0v) is 18.9. The summed E-state index contributed by atoms with van der Waals surface area (Å²) in [5.74, 6) is 0.876. The number of halogens is 4. The number of nitrogens with one attached hydrogen (secondary N) is 2. The van der Waals surface area contributed by atoms with Crippen molar-refractivity contribution in [3.05, 3.63) is 0 Å². The van der Waals surface area contributed by atoms with E-state index in [0.717, 1.165) is 18.9 Å². The molecule has 0 saturated carbocycles. The van der Waals surface area contributed by atoms with Crippen LogP contribution < -0.4 is 10.6 Å². The molecule has 0 spiro atoms. The third-order valence-corrected chi connectivity index (χ3v) is 4.40. The predicted octanol–water partition coefficient (Wildman–Crippen LogP) is 2.16. The van der Waals surface area contributed by atoms with E-state index >= 15 is 0 Å². The highest BCUT2D eigenvalue weighted by molar-refractivity contribution is 14.0. The Balaban J connectivity index is 0.00000676. The van der Waals surface area contributed by atoms with Crippen LogP contribution in [0.1, 0.15) is 27.2 Å². The molecule has 1 fully saturated rings. The number of hydrogen-bond acceptors (Lipinski definition) is 3. The van der Waals surface area contributed by atoms with Gasteiger partial charge in [0.1, 0.15) is 0 Å². The normalized spacial score (nSPS) is 18.0. The molecule has 0 aromatic rings. The maximum absolute atomic E-state index is 12.6. The van der Waals surface area contributed by atoms with Crippen molar-refractivity contribution >= 4 is 35.8 Å². The van der Waals surface area contributed by atoms with Gasteiger partial charge in [-0.2, -0.15) is 13.2 Å². The molecule has 0 radical (unpaired) electrons. The number of guanidine groups is 1. The monoisotopic (exact) mass is 507 g/mol. The number of carbonyl (C=O) groups is 1. The summed E-state index contributed by atoms with van der Waals surface area (Å²) in [6, 6.07) is 0. The second kappa shape index (κ2) is 12.6. The minimum atomic E-state index is -4.16. The fourth-order valence-electron chi connectivity index (χ4n) is 2.99. The van der Waals surface area contributed by atoms with Gasteiger partial charge in [0.15, 0.2) is 5.96 Å². The van der Waals surface area contributed by atoms with Crippen molar-refractivity contribution in [2.45, 2.75) is 33.4 Å². The minimum Gasteiger partial charge on any atom is -0.354 e. The highest BCUT2D eigenvalue weighted by Crippen LogP contribution is 2.21. The standard InChI is InChI=1S/C17H32F3N5O.HI/c1-5-24(12-17(18,19)20)10-14-6-9-25(11-14)16(21-4)23-8-7-22-15(26)13(2)3;/h13-14H,5-12H2,1-4H3,(H,21,23)(H,22,26);1H. The quantitative estimate of drug-likeness (QED) is 0.229. The third-order valence-electron chi connectivity index (χ3n) is 4.40. The van der Waals surface area contributed by atoms with Crippen molar-refractivity contribution in [3.63, 3.8) is 0 Å². The van der Waals surface area contributed by atoms with Gasteiger partial charge in [0.05, 0.1) is 6.54 Å². The fourth-order valence-corrected chi connectivity index (χ4v) is 2.99. The Morgan fingerprint density at radius 3 is 2.44 bits per heavy atom. The molecule has 1 atom stereocenters. The number of nitrogens with zero attached hydrogens (tertiary/aromatic N) is 3. The minimum absolute atomic E-state index is 0. The summed E-state index contributed by atoms with van der Waals surface area (Å²) in [6.45, 7) is 7.91. The van der Waals surface area contributed by atoms with E-state index in [-0.39, 0.29) is 41.7 Å². The van der Waals surface area contributed by atoms with Crippen LogP contribution in [-0.4, -0.2) is 80.7 Å². The first-order valence-corrected chi connectivity index (χ1v) is 9.18. The molecule has 6 nitrogen and oxygen atoms in total. The first kappa shape index (κ1) is 26.2. The highest BCUT2D eigenvalue weighted by atomic mass is 127. The number of aliphatic imine (C=N–C) groups is 1. The molecule has 0 aromatic heterocycles. The largest absolute Gasteiger partial charge is 0.401 e. The molecule has 0 bridgehead atoms. The zero-order valence-electron chi connectivity index (χ0n) is 16.6. The van der Waals surface area contributed by atoms with Crippen LogP contribution in [0.5, 0.6) is 0 Å². The summed E-state index contributed by atoms with van der Waals surface area (Å²) in [4.78, 5) is 19.3. The van der Waals surface area contributed by atoms with Gasteiger partial charge >= 0.3 is 6.18 Å². The Hall–Kier alpha value is -0.780. The van der Waals surface area contributed by atoms with E-state index in [1.165, 1.54) is 4.90 Å². The Bertz CT molecular complexity index is 474. The zero-order chi connectivity index (χ0) is 19.7. The number of rotatable bonds is 8. The molecule has 1 unspecified atom stereocenters. The molecule has 1 aliphatic heterocycles. The average molecular weight is 507 g/mol. The molecule has 2 N–H and O–H groups in total. The lowest BCUT2D eigenvalue weighted by Gasteiger charge is -2.26. The summed E-state index contributed by atoms with van der Waals surface area (Å²) in [5.41, 5.74) is 0. The van der Waals surface area contributed by atoms with Crippen molar-refractivity contribution in [1.29, 1.82) is 0 Å². The van der Waals surface area contributed by atoms with Crippen molar-refractivity contribution in [3.8, 4) is 0 Å². The maximum atomic E-state index is 12.6. The Morgan fingerprint density at radius 1 is 1.30 bits per heavy atom. The summed E-state index contributed by atoms with van der Waals surface area (Å²) < 4.78 is 37.8. The smallest absolute Gasteiger partial charge is 0.354 e. The van der Waals surface area contributed by atoms with Gasteiger partial charge < -0.3 is 15.5 Å². The number of hydrogen-bond donors (Lipinski definition) is 2. The molecule has 1 heterocycles. The molecular formula is C17H33F3IN5O.